The van der Waals surface area contributed by atoms with Gasteiger partial charge in [-0.2, -0.15) is 0 Å². The smallest absolute Gasteiger partial charge is 0.338 e. The Kier molecular flexibility index (Phi) is 3.71. The van der Waals surface area contributed by atoms with Crippen LogP contribution in [0.5, 0.6) is 0 Å². The van der Waals surface area contributed by atoms with Crippen molar-refractivity contribution in [3.63, 3.8) is 0 Å². The van der Waals surface area contributed by atoms with Gasteiger partial charge in [0.25, 0.3) is 0 Å². The lowest BCUT2D eigenvalue weighted by Gasteiger charge is -2.27. The zero-order chi connectivity index (χ0) is 14.2. The first-order valence-electron chi connectivity index (χ1n) is 6.15. The number of anilines is 1. The van der Waals surface area contributed by atoms with Gasteiger partial charge in [0.05, 0.1) is 5.56 Å². The van der Waals surface area contributed by atoms with Crippen LogP contribution in [-0.2, 0) is 16.0 Å². The maximum Gasteiger partial charge on any atom is 0.338 e. The van der Waals surface area contributed by atoms with Gasteiger partial charge in [-0.05, 0) is 18.4 Å². The van der Waals surface area contributed by atoms with Crippen molar-refractivity contribution in [1.29, 1.82) is 0 Å². The number of rotatable bonds is 3. The van der Waals surface area contributed by atoms with Crippen molar-refractivity contribution < 1.29 is 19.5 Å². The molecule has 0 spiro atoms. The molecular formula is C13H15NO4S. The lowest BCUT2D eigenvalue weighted by Crippen LogP contribution is -2.43. The summed E-state index contributed by atoms with van der Waals surface area (Å²) in [6.07, 6.45) is 1.24. The zero-order valence-electron chi connectivity index (χ0n) is 10.8. The number of carboxylic acid groups (broad SMARTS) is 1. The third-order valence-corrected chi connectivity index (χ3v) is 4.35. The van der Waals surface area contributed by atoms with Crippen LogP contribution in [0.4, 0.5) is 5.00 Å². The van der Waals surface area contributed by atoms with Crippen molar-refractivity contribution in [2.45, 2.75) is 33.1 Å². The predicted octanol–water partition coefficient (Wildman–Crippen LogP) is 2.30. The van der Waals surface area contributed by atoms with Crippen LogP contribution >= 0.6 is 11.3 Å². The number of nitrogens with zero attached hydrogens (tertiary/aromatic N) is 1. The first kappa shape index (κ1) is 13.7. The first-order chi connectivity index (χ1) is 8.93. The molecule has 5 nitrogen and oxygen atoms in total. The summed E-state index contributed by atoms with van der Waals surface area (Å²) < 4.78 is 0. The maximum atomic E-state index is 12.0. The Hall–Kier alpha value is -1.69. The van der Waals surface area contributed by atoms with Crippen molar-refractivity contribution in [3.05, 3.63) is 16.5 Å². The third-order valence-electron chi connectivity index (χ3n) is 3.09. The summed E-state index contributed by atoms with van der Waals surface area (Å²) >= 11 is 1.21. The Morgan fingerprint density at radius 3 is 2.47 bits per heavy atom. The van der Waals surface area contributed by atoms with Crippen molar-refractivity contribution >= 4 is 34.1 Å². The van der Waals surface area contributed by atoms with E-state index < -0.39 is 5.97 Å². The van der Waals surface area contributed by atoms with E-state index in [1.165, 1.54) is 11.3 Å². The summed E-state index contributed by atoms with van der Waals surface area (Å²) in [4.78, 5) is 37.1. The first-order valence-corrected chi connectivity index (χ1v) is 6.97. The lowest BCUT2D eigenvalue weighted by molar-refractivity contribution is -0.130. The molecule has 1 aliphatic heterocycles. The van der Waals surface area contributed by atoms with E-state index in [4.69, 9.17) is 0 Å². The molecule has 19 heavy (non-hydrogen) atoms. The van der Waals surface area contributed by atoms with Gasteiger partial charge in [0.2, 0.25) is 11.8 Å². The Bertz CT molecular complexity index is 531. The minimum absolute atomic E-state index is 0.0233. The van der Waals surface area contributed by atoms with Crippen LogP contribution in [0, 0.1) is 5.92 Å². The van der Waals surface area contributed by atoms with Crippen molar-refractivity contribution in [2.24, 2.45) is 5.92 Å². The van der Waals surface area contributed by atoms with E-state index in [1.54, 1.807) is 6.07 Å². The van der Waals surface area contributed by atoms with Crippen molar-refractivity contribution in [1.82, 2.24) is 0 Å². The molecule has 1 aromatic heterocycles. The Morgan fingerprint density at radius 1 is 1.42 bits per heavy atom. The molecule has 1 N–H and O–H groups in total. The van der Waals surface area contributed by atoms with Gasteiger partial charge in [-0.1, -0.05) is 13.8 Å². The van der Waals surface area contributed by atoms with Crippen LogP contribution in [0.25, 0.3) is 0 Å². The predicted molar refractivity (Wildman–Crippen MR) is 71.5 cm³/mol. The van der Waals surface area contributed by atoms with Gasteiger partial charge in [-0.25, -0.2) is 9.69 Å². The second-order valence-electron chi connectivity index (χ2n) is 4.73. The van der Waals surface area contributed by atoms with E-state index in [2.05, 4.69) is 0 Å². The molecule has 1 aliphatic rings. The SMILES string of the molecule is CCc1cc(C(=O)O)c(N2C(=O)CC(C)CC2=O)s1. The number of thiophene rings is 1. The van der Waals surface area contributed by atoms with Gasteiger partial charge in [0.15, 0.2) is 0 Å². The monoisotopic (exact) mass is 281 g/mol. The molecule has 102 valence electrons. The Labute approximate surface area is 114 Å². The molecule has 0 atom stereocenters. The number of hydrogen-bond donors (Lipinski definition) is 1. The molecule has 1 aromatic rings. The molecule has 1 saturated heterocycles. The van der Waals surface area contributed by atoms with E-state index >= 15 is 0 Å². The summed E-state index contributed by atoms with van der Waals surface area (Å²) in [5, 5.41) is 9.44. The quantitative estimate of drug-likeness (QED) is 0.863. The van der Waals surface area contributed by atoms with Crippen molar-refractivity contribution in [3.8, 4) is 0 Å². The van der Waals surface area contributed by atoms with Gasteiger partial charge < -0.3 is 5.11 Å². The largest absolute Gasteiger partial charge is 0.478 e. The highest BCUT2D eigenvalue weighted by molar-refractivity contribution is 7.17. The number of imide groups is 1. The molecule has 2 heterocycles. The topological polar surface area (TPSA) is 74.7 Å². The third kappa shape index (κ3) is 2.53. The normalized spacial score (nSPS) is 17.1. The van der Waals surface area contributed by atoms with Gasteiger partial charge in [0, 0.05) is 17.7 Å². The average Bonchev–Trinajstić information content (AvgIpc) is 2.71. The summed E-state index contributed by atoms with van der Waals surface area (Å²) in [7, 11) is 0. The van der Waals surface area contributed by atoms with E-state index in [0.717, 1.165) is 9.78 Å². The number of aromatic carboxylic acids is 1. The van der Waals surface area contributed by atoms with Crippen molar-refractivity contribution in [2.75, 3.05) is 4.90 Å². The summed E-state index contributed by atoms with van der Waals surface area (Å²) in [5.41, 5.74) is 0.0399. The highest BCUT2D eigenvalue weighted by Crippen LogP contribution is 2.35. The highest BCUT2D eigenvalue weighted by atomic mass is 32.1. The molecular weight excluding hydrogens is 266 g/mol. The molecule has 0 radical (unpaired) electrons. The minimum Gasteiger partial charge on any atom is -0.478 e. The van der Waals surface area contributed by atoms with Gasteiger partial charge in [-0.3, -0.25) is 9.59 Å². The highest BCUT2D eigenvalue weighted by Gasteiger charge is 2.35. The van der Waals surface area contributed by atoms with Gasteiger partial charge >= 0.3 is 5.97 Å². The molecule has 2 rings (SSSR count). The second kappa shape index (κ2) is 5.13. The van der Waals surface area contributed by atoms with Crippen LogP contribution in [0.15, 0.2) is 6.07 Å². The number of hydrogen-bond acceptors (Lipinski definition) is 4. The standard InChI is InChI=1S/C13H15NO4S/c1-3-8-6-9(13(17)18)12(19-8)14-10(15)4-7(2)5-11(14)16/h6-7H,3-5H2,1-2H3,(H,17,18). The number of amides is 2. The molecule has 0 aliphatic carbocycles. The van der Waals surface area contributed by atoms with Crippen LogP contribution in [0.2, 0.25) is 0 Å². The zero-order valence-corrected chi connectivity index (χ0v) is 11.6. The van der Waals surface area contributed by atoms with Crippen LogP contribution in [0.3, 0.4) is 0 Å². The Morgan fingerprint density at radius 2 is 2.00 bits per heavy atom. The molecule has 0 aromatic carbocycles. The average molecular weight is 281 g/mol. The summed E-state index contributed by atoms with van der Waals surface area (Å²) in [6.45, 7) is 3.75. The van der Waals surface area contributed by atoms with E-state index in [1.807, 2.05) is 13.8 Å². The molecule has 0 bridgehead atoms. The summed E-state index contributed by atoms with van der Waals surface area (Å²) in [6, 6.07) is 1.54. The fourth-order valence-electron chi connectivity index (χ4n) is 2.14. The number of carbonyl (C=O) groups is 3. The fourth-order valence-corrected chi connectivity index (χ4v) is 3.26. The van der Waals surface area contributed by atoms with Crippen LogP contribution in [-0.4, -0.2) is 22.9 Å². The number of carbonyl (C=O) groups excluding carboxylic acids is 2. The number of piperidine rings is 1. The van der Waals surface area contributed by atoms with E-state index in [9.17, 15) is 19.5 Å². The Balaban J connectivity index is 2.45. The van der Waals surface area contributed by atoms with Gasteiger partial charge in [-0.15, -0.1) is 11.3 Å². The van der Waals surface area contributed by atoms with E-state index in [-0.39, 0.29) is 41.1 Å². The van der Waals surface area contributed by atoms with Crippen LogP contribution in [0.1, 0.15) is 41.9 Å². The molecule has 2 amide bonds. The summed E-state index contributed by atoms with van der Waals surface area (Å²) in [5.74, 6) is -1.70. The van der Waals surface area contributed by atoms with E-state index in [0.29, 0.717) is 6.42 Å². The number of carboxylic acids is 1. The molecule has 0 saturated carbocycles. The molecule has 0 unspecified atom stereocenters. The van der Waals surface area contributed by atoms with Gasteiger partial charge in [0.1, 0.15) is 5.00 Å². The van der Waals surface area contributed by atoms with Crippen LogP contribution < -0.4 is 4.90 Å². The second-order valence-corrected chi connectivity index (χ2v) is 5.84. The minimum atomic E-state index is -1.11. The number of aryl methyl sites for hydroxylation is 1. The maximum absolute atomic E-state index is 12.0. The lowest BCUT2D eigenvalue weighted by atomic mass is 9.98. The molecule has 6 heteroatoms. The molecule has 1 fully saturated rings. The fraction of sp³-hybridized carbons (Fsp3) is 0.462.